The fraction of sp³-hybridized carbons (Fsp3) is 0.333. The Balaban J connectivity index is 2.54. The summed E-state index contributed by atoms with van der Waals surface area (Å²) in [6, 6.07) is 0. The molecule has 6 nitrogen and oxygen atoms in total. The van der Waals surface area contributed by atoms with Gasteiger partial charge in [0.15, 0.2) is 0 Å². The third-order valence-electron chi connectivity index (χ3n) is 1.08. The molecule has 0 unspecified atom stereocenters. The number of amides is 1. The summed E-state index contributed by atoms with van der Waals surface area (Å²) in [7, 11) is 0. The van der Waals surface area contributed by atoms with Crippen LogP contribution in [0.1, 0.15) is 10.6 Å². The van der Waals surface area contributed by atoms with Gasteiger partial charge in [0.05, 0.1) is 12.8 Å². The maximum Gasteiger partial charge on any atom is 0.291 e. The van der Waals surface area contributed by atoms with Gasteiger partial charge in [-0.3, -0.25) is 4.79 Å². The molecule has 1 aromatic heterocycles. The average Bonchev–Trinajstić information content (AvgIpc) is 2.15. The summed E-state index contributed by atoms with van der Waals surface area (Å²) in [6.07, 6.45) is 2.75. The van der Waals surface area contributed by atoms with E-state index >= 15 is 0 Å². The van der Waals surface area contributed by atoms with Gasteiger partial charge in [0.25, 0.3) is 5.91 Å². The second-order valence-electron chi connectivity index (χ2n) is 1.95. The molecule has 0 atom stereocenters. The Bertz CT molecular complexity index is 251. The maximum absolute atomic E-state index is 11.0. The first-order valence-corrected chi connectivity index (χ1v) is 3.37. The van der Waals surface area contributed by atoms with Crippen molar-refractivity contribution in [2.45, 2.75) is 0 Å². The summed E-state index contributed by atoms with van der Waals surface area (Å²) in [5, 5.41) is 17.7. The van der Waals surface area contributed by atoms with E-state index < -0.39 is 5.91 Å². The highest BCUT2D eigenvalue weighted by molar-refractivity contribution is 5.90. The Morgan fingerprint density at radius 1 is 1.58 bits per heavy atom. The summed E-state index contributed by atoms with van der Waals surface area (Å²) < 4.78 is 0. The van der Waals surface area contributed by atoms with Gasteiger partial charge >= 0.3 is 0 Å². The van der Waals surface area contributed by atoms with Gasteiger partial charge in [-0.1, -0.05) is 0 Å². The zero-order valence-electron chi connectivity index (χ0n) is 6.27. The highest BCUT2D eigenvalue weighted by Gasteiger charge is 2.06. The number of nitrogens with one attached hydrogen (secondary N) is 1. The molecule has 1 heterocycles. The van der Waals surface area contributed by atoms with E-state index in [1.165, 1.54) is 12.4 Å². The van der Waals surface area contributed by atoms with Crippen LogP contribution in [0, 0.1) is 0 Å². The van der Waals surface area contributed by atoms with E-state index in [9.17, 15) is 4.79 Å². The predicted molar refractivity (Wildman–Crippen MR) is 39.2 cm³/mol. The molecule has 0 spiro atoms. The summed E-state index contributed by atoms with van der Waals surface area (Å²) in [4.78, 5) is 14.7. The van der Waals surface area contributed by atoms with Gasteiger partial charge in [-0.25, -0.2) is 4.98 Å². The molecular weight excluding hydrogens is 160 g/mol. The third kappa shape index (κ3) is 2.24. The first-order valence-electron chi connectivity index (χ1n) is 3.37. The minimum atomic E-state index is -0.433. The summed E-state index contributed by atoms with van der Waals surface area (Å²) in [5.74, 6) is -0.428. The zero-order valence-corrected chi connectivity index (χ0v) is 6.27. The molecule has 12 heavy (non-hydrogen) atoms. The fourth-order valence-electron chi connectivity index (χ4n) is 0.600. The highest BCUT2D eigenvalue weighted by atomic mass is 16.3. The minimum Gasteiger partial charge on any atom is -0.395 e. The number of nitrogens with zero attached hydrogens (tertiary/aromatic N) is 3. The minimum absolute atomic E-state index is 0.00551. The average molecular weight is 168 g/mol. The van der Waals surface area contributed by atoms with E-state index in [1.54, 1.807) is 0 Å². The molecule has 0 aromatic carbocycles. The molecule has 1 aromatic rings. The van der Waals surface area contributed by atoms with E-state index in [2.05, 4.69) is 20.5 Å². The first-order chi connectivity index (χ1) is 5.84. The van der Waals surface area contributed by atoms with Crippen molar-refractivity contribution in [3.05, 3.63) is 18.2 Å². The number of aromatic nitrogens is 3. The molecular formula is C6H8N4O2. The van der Waals surface area contributed by atoms with Crippen molar-refractivity contribution in [2.75, 3.05) is 13.2 Å². The lowest BCUT2D eigenvalue weighted by atomic mass is 10.5. The van der Waals surface area contributed by atoms with Gasteiger partial charge in [0.1, 0.15) is 0 Å². The second kappa shape index (κ2) is 4.35. The molecule has 0 aliphatic rings. The van der Waals surface area contributed by atoms with Crippen LogP contribution >= 0.6 is 0 Å². The second-order valence-corrected chi connectivity index (χ2v) is 1.95. The molecule has 0 saturated heterocycles. The Kier molecular flexibility index (Phi) is 3.09. The molecule has 1 rings (SSSR count). The lowest BCUT2D eigenvalue weighted by Gasteiger charge is -1.98. The van der Waals surface area contributed by atoms with Crippen molar-refractivity contribution in [1.29, 1.82) is 0 Å². The Labute approximate surface area is 68.7 Å². The quantitative estimate of drug-likeness (QED) is 0.579. The number of carbonyl (C=O) groups excluding carboxylic acids is 1. The zero-order chi connectivity index (χ0) is 8.81. The van der Waals surface area contributed by atoms with Crippen molar-refractivity contribution < 1.29 is 9.90 Å². The van der Waals surface area contributed by atoms with E-state index in [4.69, 9.17) is 5.11 Å². The third-order valence-corrected chi connectivity index (χ3v) is 1.08. The van der Waals surface area contributed by atoms with Crippen LogP contribution in [0.2, 0.25) is 0 Å². The molecule has 0 fully saturated rings. The molecule has 2 N–H and O–H groups in total. The molecule has 0 aliphatic heterocycles. The summed E-state index contributed by atoms with van der Waals surface area (Å²) in [5.41, 5.74) is 0. The van der Waals surface area contributed by atoms with Crippen molar-refractivity contribution in [1.82, 2.24) is 20.5 Å². The normalized spacial score (nSPS) is 9.42. The van der Waals surface area contributed by atoms with Gasteiger partial charge in [0.2, 0.25) is 5.82 Å². The van der Waals surface area contributed by atoms with E-state index in [1.807, 2.05) is 0 Å². The monoisotopic (exact) mass is 168 g/mol. The van der Waals surface area contributed by atoms with Gasteiger partial charge in [-0.05, 0) is 0 Å². The smallest absolute Gasteiger partial charge is 0.291 e. The van der Waals surface area contributed by atoms with Gasteiger partial charge in [-0.2, -0.15) is 5.10 Å². The van der Waals surface area contributed by atoms with E-state index in [-0.39, 0.29) is 19.0 Å². The van der Waals surface area contributed by atoms with Crippen molar-refractivity contribution in [3.63, 3.8) is 0 Å². The number of carbonyl (C=O) groups is 1. The lowest BCUT2D eigenvalue weighted by molar-refractivity contribution is 0.0933. The topological polar surface area (TPSA) is 88.0 Å². The summed E-state index contributed by atoms with van der Waals surface area (Å²) in [6.45, 7) is 0.0864. The molecule has 0 radical (unpaired) electrons. The van der Waals surface area contributed by atoms with Crippen molar-refractivity contribution in [2.24, 2.45) is 0 Å². The first kappa shape index (κ1) is 8.54. The van der Waals surface area contributed by atoms with E-state index in [0.29, 0.717) is 0 Å². The Morgan fingerprint density at radius 2 is 2.42 bits per heavy atom. The van der Waals surface area contributed by atoms with Crippen LogP contribution < -0.4 is 5.32 Å². The summed E-state index contributed by atoms with van der Waals surface area (Å²) >= 11 is 0. The lowest BCUT2D eigenvalue weighted by Crippen LogP contribution is -2.28. The van der Waals surface area contributed by atoms with E-state index in [0.717, 1.165) is 0 Å². The van der Waals surface area contributed by atoms with Crippen LogP contribution in [-0.4, -0.2) is 39.3 Å². The standard InChI is InChI=1S/C6H8N4O2/c11-4-3-8-6(12)5-7-1-2-9-10-5/h1-2,11H,3-4H2,(H,8,12). The van der Waals surface area contributed by atoms with Crippen molar-refractivity contribution >= 4 is 5.91 Å². The molecule has 6 heteroatoms. The number of aliphatic hydroxyl groups is 1. The SMILES string of the molecule is O=C(NCCO)c1nccnn1. The van der Waals surface area contributed by atoms with Crippen LogP contribution in [0.4, 0.5) is 0 Å². The van der Waals surface area contributed by atoms with Crippen LogP contribution in [-0.2, 0) is 0 Å². The van der Waals surface area contributed by atoms with Crippen molar-refractivity contribution in [3.8, 4) is 0 Å². The number of aliphatic hydroxyl groups excluding tert-OH is 1. The predicted octanol–water partition coefficient (Wildman–Crippen LogP) is -1.41. The molecule has 0 saturated carbocycles. The molecule has 0 bridgehead atoms. The van der Waals surface area contributed by atoms with Crippen LogP contribution in [0.5, 0.6) is 0 Å². The van der Waals surface area contributed by atoms with Crippen LogP contribution in [0.25, 0.3) is 0 Å². The number of hydrogen-bond donors (Lipinski definition) is 2. The Hall–Kier alpha value is -1.56. The number of hydrogen-bond acceptors (Lipinski definition) is 5. The molecule has 1 amide bonds. The maximum atomic E-state index is 11.0. The molecule has 64 valence electrons. The number of rotatable bonds is 3. The fourth-order valence-corrected chi connectivity index (χ4v) is 0.600. The van der Waals surface area contributed by atoms with Gasteiger partial charge in [0, 0.05) is 12.7 Å². The largest absolute Gasteiger partial charge is 0.395 e. The van der Waals surface area contributed by atoms with Crippen LogP contribution in [0.15, 0.2) is 12.4 Å². The van der Waals surface area contributed by atoms with Gasteiger partial charge < -0.3 is 10.4 Å². The highest BCUT2D eigenvalue weighted by Crippen LogP contribution is 1.82. The van der Waals surface area contributed by atoms with Crippen LogP contribution in [0.3, 0.4) is 0 Å². The van der Waals surface area contributed by atoms with Gasteiger partial charge in [-0.15, -0.1) is 5.10 Å². The Morgan fingerprint density at radius 3 is 3.00 bits per heavy atom. The molecule has 0 aliphatic carbocycles.